The molecule has 0 aliphatic carbocycles. The van der Waals surface area contributed by atoms with Crippen LogP contribution < -0.4 is 0 Å². The molecule has 0 heterocycles. The Morgan fingerprint density at radius 3 is 2.37 bits per heavy atom. The molecule has 0 aromatic heterocycles. The van der Waals surface area contributed by atoms with Crippen LogP contribution in [0.25, 0.3) is 0 Å². The molecule has 0 saturated heterocycles. The van der Waals surface area contributed by atoms with Gasteiger partial charge in [0, 0.05) is 29.7 Å². The molecular weight excluding hydrogens is 304 g/mol. The van der Waals surface area contributed by atoms with Crippen molar-refractivity contribution in [2.45, 2.75) is 20.3 Å². The van der Waals surface area contributed by atoms with Gasteiger partial charge in [-0.1, -0.05) is 22.9 Å². The van der Waals surface area contributed by atoms with Crippen LogP contribution in [-0.2, 0) is 0 Å². The summed E-state index contributed by atoms with van der Waals surface area (Å²) in [5.41, 5.74) is 1.86. The van der Waals surface area contributed by atoms with Crippen molar-refractivity contribution in [1.82, 2.24) is 9.80 Å². The molecule has 3 nitrogen and oxygen atoms in total. The summed E-state index contributed by atoms with van der Waals surface area (Å²) in [5.74, 6) is 0.119. The third-order valence-electron chi connectivity index (χ3n) is 2.89. The first kappa shape index (κ1) is 16.2. The van der Waals surface area contributed by atoms with E-state index in [1.165, 1.54) is 0 Å². The maximum atomic E-state index is 12.5. The van der Waals surface area contributed by atoms with E-state index in [-0.39, 0.29) is 5.91 Å². The summed E-state index contributed by atoms with van der Waals surface area (Å²) in [4.78, 5) is 16.6. The van der Waals surface area contributed by atoms with Gasteiger partial charge in [0.05, 0.1) is 0 Å². The average Bonchev–Trinajstić information content (AvgIpc) is 2.32. The first-order chi connectivity index (χ1) is 8.93. The summed E-state index contributed by atoms with van der Waals surface area (Å²) in [6, 6.07) is 5.86. The van der Waals surface area contributed by atoms with Crippen LogP contribution >= 0.6 is 15.9 Å². The molecule has 4 heteroatoms. The van der Waals surface area contributed by atoms with E-state index in [4.69, 9.17) is 0 Å². The van der Waals surface area contributed by atoms with Crippen LogP contribution in [0.15, 0.2) is 22.7 Å². The van der Waals surface area contributed by atoms with Crippen molar-refractivity contribution in [2.24, 2.45) is 0 Å². The number of likely N-dealkylation sites (N-methyl/N-ethyl adjacent to an activating group) is 1. The molecular formula is C15H23BrN2O. The first-order valence-corrected chi connectivity index (χ1v) is 7.44. The van der Waals surface area contributed by atoms with E-state index in [1.54, 1.807) is 0 Å². The maximum Gasteiger partial charge on any atom is 0.253 e. The van der Waals surface area contributed by atoms with Crippen LogP contribution in [0.3, 0.4) is 0 Å². The third-order valence-corrected chi connectivity index (χ3v) is 3.34. The lowest BCUT2D eigenvalue weighted by atomic mass is 10.1. The summed E-state index contributed by atoms with van der Waals surface area (Å²) < 4.78 is 0.958. The number of hydrogen-bond donors (Lipinski definition) is 0. The normalized spacial score (nSPS) is 10.8. The number of hydrogen-bond acceptors (Lipinski definition) is 2. The molecule has 0 bridgehead atoms. The Morgan fingerprint density at radius 2 is 1.84 bits per heavy atom. The molecule has 1 amide bonds. The summed E-state index contributed by atoms with van der Waals surface area (Å²) >= 11 is 3.45. The van der Waals surface area contributed by atoms with Crippen molar-refractivity contribution in [3.05, 3.63) is 33.8 Å². The van der Waals surface area contributed by atoms with Gasteiger partial charge in [0.15, 0.2) is 0 Å². The lowest BCUT2D eigenvalue weighted by molar-refractivity contribution is 0.0745. The number of rotatable bonds is 6. The summed E-state index contributed by atoms with van der Waals surface area (Å²) in [6.45, 7) is 6.57. The molecule has 0 N–H and O–H groups in total. The maximum absolute atomic E-state index is 12.5. The van der Waals surface area contributed by atoms with Gasteiger partial charge in [-0.25, -0.2) is 0 Å². The van der Waals surface area contributed by atoms with Gasteiger partial charge in [0.25, 0.3) is 5.91 Å². The molecule has 0 aliphatic heterocycles. The number of aryl methyl sites for hydroxylation is 1. The zero-order valence-electron chi connectivity index (χ0n) is 12.2. The number of halogens is 1. The standard InChI is InChI=1S/C15H23BrN2O/c1-5-6-18(8-7-17(3)4)15(19)13-9-12(2)10-14(16)11-13/h9-11H,5-8H2,1-4H3. The van der Waals surface area contributed by atoms with E-state index in [0.29, 0.717) is 0 Å². The van der Waals surface area contributed by atoms with E-state index in [2.05, 4.69) is 27.8 Å². The fourth-order valence-electron chi connectivity index (χ4n) is 1.95. The van der Waals surface area contributed by atoms with Crippen molar-refractivity contribution in [2.75, 3.05) is 33.7 Å². The summed E-state index contributed by atoms with van der Waals surface area (Å²) in [7, 11) is 4.05. The van der Waals surface area contributed by atoms with Gasteiger partial charge in [0.1, 0.15) is 0 Å². The molecule has 0 saturated carbocycles. The molecule has 1 rings (SSSR count). The third kappa shape index (κ3) is 5.33. The Morgan fingerprint density at radius 1 is 1.16 bits per heavy atom. The van der Waals surface area contributed by atoms with Crippen LogP contribution in [0.2, 0.25) is 0 Å². The van der Waals surface area contributed by atoms with Gasteiger partial charge in [0.2, 0.25) is 0 Å². The van der Waals surface area contributed by atoms with Gasteiger partial charge >= 0.3 is 0 Å². The highest BCUT2D eigenvalue weighted by Crippen LogP contribution is 2.17. The molecule has 106 valence electrons. The number of carbonyl (C=O) groups is 1. The van der Waals surface area contributed by atoms with Crippen LogP contribution in [-0.4, -0.2) is 49.4 Å². The Balaban J connectivity index is 2.85. The topological polar surface area (TPSA) is 23.6 Å². The van der Waals surface area contributed by atoms with Gasteiger partial charge in [-0.3, -0.25) is 4.79 Å². The van der Waals surface area contributed by atoms with E-state index in [0.717, 1.165) is 41.7 Å². The number of benzene rings is 1. The van der Waals surface area contributed by atoms with E-state index in [9.17, 15) is 4.79 Å². The minimum Gasteiger partial charge on any atom is -0.337 e. The van der Waals surface area contributed by atoms with E-state index >= 15 is 0 Å². The number of amides is 1. The second kappa shape index (κ2) is 7.65. The SMILES string of the molecule is CCCN(CCN(C)C)C(=O)c1cc(C)cc(Br)c1. The molecule has 0 atom stereocenters. The fourth-order valence-corrected chi connectivity index (χ4v) is 2.56. The lowest BCUT2D eigenvalue weighted by Gasteiger charge is -2.24. The largest absolute Gasteiger partial charge is 0.337 e. The van der Waals surface area contributed by atoms with Gasteiger partial charge in [-0.2, -0.15) is 0 Å². The molecule has 1 aromatic rings. The molecule has 1 aromatic carbocycles. The van der Waals surface area contributed by atoms with Gasteiger partial charge < -0.3 is 9.80 Å². The minimum atomic E-state index is 0.119. The predicted molar refractivity (Wildman–Crippen MR) is 83.6 cm³/mol. The Hall–Kier alpha value is -0.870. The zero-order valence-corrected chi connectivity index (χ0v) is 13.8. The van der Waals surface area contributed by atoms with Gasteiger partial charge in [-0.15, -0.1) is 0 Å². The summed E-state index contributed by atoms with van der Waals surface area (Å²) in [6.07, 6.45) is 0.978. The smallest absolute Gasteiger partial charge is 0.253 e. The highest BCUT2D eigenvalue weighted by atomic mass is 79.9. The first-order valence-electron chi connectivity index (χ1n) is 6.65. The van der Waals surface area contributed by atoms with E-state index in [1.807, 2.05) is 44.1 Å². The van der Waals surface area contributed by atoms with Crippen LogP contribution in [0.5, 0.6) is 0 Å². The minimum absolute atomic E-state index is 0.119. The van der Waals surface area contributed by atoms with Crippen molar-refractivity contribution >= 4 is 21.8 Å². The monoisotopic (exact) mass is 326 g/mol. The lowest BCUT2D eigenvalue weighted by Crippen LogP contribution is -2.37. The molecule has 0 aliphatic rings. The predicted octanol–water partition coefficient (Wildman–Crippen LogP) is 3.17. The molecule has 0 radical (unpaired) electrons. The Bertz CT molecular complexity index is 412. The molecule has 0 fully saturated rings. The fraction of sp³-hybridized carbons (Fsp3) is 0.533. The van der Waals surface area contributed by atoms with Crippen LogP contribution in [0, 0.1) is 6.92 Å². The quantitative estimate of drug-likeness (QED) is 0.801. The van der Waals surface area contributed by atoms with Crippen molar-refractivity contribution in [3.8, 4) is 0 Å². The van der Waals surface area contributed by atoms with E-state index < -0.39 is 0 Å². The Labute approximate surface area is 124 Å². The van der Waals surface area contributed by atoms with Crippen molar-refractivity contribution in [3.63, 3.8) is 0 Å². The Kier molecular flexibility index (Phi) is 6.52. The molecule has 0 unspecified atom stereocenters. The van der Waals surface area contributed by atoms with Crippen molar-refractivity contribution in [1.29, 1.82) is 0 Å². The second-order valence-corrected chi connectivity index (χ2v) is 6.03. The highest BCUT2D eigenvalue weighted by molar-refractivity contribution is 9.10. The number of carbonyl (C=O) groups excluding carboxylic acids is 1. The van der Waals surface area contributed by atoms with Crippen molar-refractivity contribution < 1.29 is 4.79 Å². The molecule has 0 spiro atoms. The number of nitrogens with zero attached hydrogens (tertiary/aromatic N) is 2. The van der Waals surface area contributed by atoms with Gasteiger partial charge in [-0.05, 0) is 51.2 Å². The highest BCUT2D eigenvalue weighted by Gasteiger charge is 2.15. The second-order valence-electron chi connectivity index (χ2n) is 5.11. The van der Waals surface area contributed by atoms with Crippen LogP contribution in [0.1, 0.15) is 29.3 Å². The summed E-state index contributed by atoms with van der Waals surface area (Å²) in [5, 5.41) is 0. The zero-order chi connectivity index (χ0) is 14.4. The van der Waals surface area contributed by atoms with Crippen LogP contribution in [0.4, 0.5) is 0 Å². The average molecular weight is 327 g/mol. The molecule has 19 heavy (non-hydrogen) atoms.